The smallest absolute Gasteiger partial charge is 0.0304 e. The van der Waals surface area contributed by atoms with Gasteiger partial charge in [0, 0.05) is 53.0 Å². The molecule has 2 heterocycles. The van der Waals surface area contributed by atoms with Crippen molar-refractivity contribution in [1.29, 1.82) is 0 Å². The third kappa shape index (κ3) is 2.97. The van der Waals surface area contributed by atoms with Gasteiger partial charge in [0.1, 0.15) is 0 Å². The topological polar surface area (TPSA) is 32.3 Å². The molecule has 3 nitrogen and oxygen atoms in total. The van der Waals surface area contributed by atoms with Crippen molar-refractivity contribution >= 4 is 10.8 Å². The highest BCUT2D eigenvalue weighted by Crippen LogP contribution is 2.27. The van der Waals surface area contributed by atoms with Crippen LogP contribution in [0.15, 0.2) is 0 Å². The molecule has 1 N–H and O–H groups in total. The second-order valence-electron chi connectivity index (χ2n) is 5.97. The molecule has 1 unspecified atom stereocenters. The van der Waals surface area contributed by atoms with Crippen molar-refractivity contribution in [3.63, 3.8) is 0 Å². The summed E-state index contributed by atoms with van der Waals surface area (Å²) in [6, 6.07) is 1.28. The summed E-state index contributed by atoms with van der Waals surface area (Å²) in [5.74, 6) is 1.82. The molecule has 2 saturated heterocycles. The maximum atomic E-state index is 11.5. The van der Waals surface area contributed by atoms with Crippen LogP contribution in [0.3, 0.4) is 0 Å². The van der Waals surface area contributed by atoms with Gasteiger partial charge in [0.25, 0.3) is 0 Å². The quantitative estimate of drug-likeness (QED) is 0.849. The zero-order chi connectivity index (χ0) is 13.2. The highest BCUT2D eigenvalue weighted by Gasteiger charge is 2.38. The molecule has 0 aromatic rings. The lowest BCUT2D eigenvalue weighted by molar-refractivity contribution is 0.0406. The van der Waals surface area contributed by atoms with Crippen LogP contribution in [0.4, 0.5) is 0 Å². The Bertz CT molecular complexity index is 294. The summed E-state index contributed by atoms with van der Waals surface area (Å²) in [5, 5.41) is 3.76. The van der Waals surface area contributed by atoms with Gasteiger partial charge in [-0.05, 0) is 32.6 Å². The molecule has 106 valence electrons. The predicted molar refractivity (Wildman–Crippen MR) is 78.4 cm³/mol. The largest absolute Gasteiger partial charge is 0.308 e. The van der Waals surface area contributed by atoms with E-state index in [0.29, 0.717) is 17.6 Å². The Morgan fingerprint density at radius 2 is 1.89 bits per heavy atom. The first-order valence-electron chi connectivity index (χ1n) is 7.46. The lowest BCUT2D eigenvalue weighted by Crippen LogP contribution is -2.65. The van der Waals surface area contributed by atoms with Gasteiger partial charge in [0.15, 0.2) is 0 Å². The first kappa shape index (κ1) is 14.5. The van der Waals surface area contributed by atoms with Crippen LogP contribution in [0.25, 0.3) is 0 Å². The monoisotopic (exact) mass is 272 g/mol. The normalized spacial score (nSPS) is 37.6. The Morgan fingerprint density at radius 1 is 1.28 bits per heavy atom. The summed E-state index contributed by atoms with van der Waals surface area (Å²) in [6.07, 6.45) is 4.65. The molecule has 0 aromatic heterocycles. The molecule has 2 fully saturated rings. The molecule has 0 amide bonds. The van der Waals surface area contributed by atoms with Crippen molar-refractivity contribution < 1.29 is 4.21 Å². The van der Waals surface area contributed by atoms with E-state index in [1.54, 1.807) is 0 Å². The van der Waals surface area contributed by atoms with Crippen LogP contribution < -0.4 is 5.32 Å². The van der Waals surface area contributed by atoms with E-state index in [0.717, 1.165) is 30.9 Å². The summed E-state index contributed by atoms with van der Waals surface area (Å²) in [6.45, 7) is 9.18. The van der Waals surface area contributed by atoms with E-state index in [9.17, 15) is 4.21 Å². The fraction of sp³-hybridized carbons (Fsp3) is 1.00. The predicted octanol–water partition coefficient (Wildman–Crippen LogP) is 1.75. The summed E-state index contributed by atoms with van der Waals surface area (Å²) in [4.78, 5) is 2.69. The molecule has 0 aromatic carbocycles. The number of rotatable bonds is 3. The SMILES string of the molecule is CCC1(CC)CN(C2CCS(=O)CC2)C(C)CN1. The van der Waals surface area contributed by atoms with Gasteiger partial charge in [-0.1, -0.05) is 13.8 Å². The second-order valence-corrected chi connectivity index (χ2v) is 7.67. The molecule has 4 heteroatoms. The van der Waals surface area contributed by atoms with Gasteiger partial charge in [-0.25, -0.2) is 0 Å². The number of nitrogens with zero attached hydrogens (tertiary/aromatic N) is 1. The number of piperazine rings is 1. The van der Waals surface area contributed by atoms with E-state index >= 15 is 0 Å². The van der Waals surface area contributed by atoms with Crippen LogP contribution in [0.2, 0.25) is 0 Å². The van der Waals surface area contributed by atoms with Crippen molar-refractivity contribution in [3.8, 4) is 0 Å². The Kier molecular flexibility index (Phi) is 4.84. The van der Waals surface area contributed by atoms with Crippen LogP contribution in [-0.4, -0.2) is 51.3 Å². The maximum absolute atomic E-state index is 11.5. The van der Waals surface area contributed by atoms with Crippen molar-refractivity contribution in [2.75, 3.05) is 24.6 Å². The van der Waals surface area contributed by atoms with Gasteiger partial charge in [-0.15, -0.1) is 0 Å². The van der Waals surface area contributed by atoms with E-state index in [-0.39, 0.29) is 0 Å². The van der Waals surface area contributed by atoms with Crippen LogP contribution >= 0.6 is 0 Å². The molecule has 1 atom stereocenters. The Morgan fingerprint density at radius 3 is 2.44 bits per heavy atom. The van der Waals surface area contributed by atoms with Crippen molar-refractivity contribution in [2.45, 2.75) is 64.1 Å². The molecule has 2 rings (SSSR count). The molecule has 0 bridgehead atoms. The Hall–Kier alpha value is 0.0700. The van der Waals surface area contributed by atoms with Crippen molar-refractivity contribution in [2.24, 2.45) is 0 Å². The van der Waals surface area contributed by atoms with E-state index < -0.39 is 10.8 Å². The minimum Gasteiger partial charge on any atom is -0.308 e. The first-order valence-corrected chi connectivity index (χ1v) is 8.95. The number of nitrogens with one attached hydrogen (secondary N) is 1. The minimum atomic E-state index is -0.542. The molecule has 0 radical (unpaired) electrons. The number of hydrogen-bond donors (Lipinski definition) is 1. The van der Waals surface area contributed by atoms with Crippen LogP contribution in [0.5, 0.6) is 0 Å². The second kappa shape index (κ2) is 6.02. The van der Waals surface area contributed by atoms with Gasteiger partial charge >= 0.3 is 0 Å². The van der Waals surface area contributed by atoms with Gasteiger partial charge < -0.3 is 5.32 Å². The van der Waals surface area contributed by atoms with E-state index in [4.69, 9.17) is 0 Å². The minimum absolute atomic E-state index is 0.309. The van der Waals surface area contributed by atoms with E-state index in [2.05, 4.69) is 31.0 Å². The lowest BCUT2D eigenvalue weighted by Gasteiger charge is -2.50. The average molecular weight is 272 g/mol. The van der Waals surface area contributed by atoms with Gasteiger partial charge in [-0.3, -0.25) is 9.11 Å². The average Bonchev–Trinajstić information content (AvgIpc) is 2.41. The third-order valence-corrected chi connectivity index (χ3v) is 6.39. The summed E-state index contributed by atoms with van der Waals surface area (Å²) in [5.41, 5.74) is 0.309. The maximum Gasteiger partial charge on any atom is 0.0304 e. The number of hydrogen-bond acceptors (Lipinski definition) is 3. The summed E-state index contributed by atoms with van der Waals surface area (Å²) < 4.78 is 11.5. The molecule has 0 saturated carbocycles. The van der Waals surface area contributed by atoms with E-state index in [1.807, 2.05) is 0 Å². The molecular weight excluding hydrogens is 244 g/mol. The Labute approximate surface area is 114 Å². The summed E-state index contributed by atoms with van der Waals surface area (Å²) >= 11 is 0. The zero-order valence-corrected chi connectivity index (χ0v) is 12.9. The molecule has 0 spiro atoms. The van der Waals surface area contributed by atoms with Gasteiger partial charge in [0.05, 0.1) is 0 Å². The van der Waals surface area contributed by atoms with Crippen molar-refractivity contribution in [1.82, 2.24) is 10.2 Å². The fourth-order valence-corrected chi connectivity index (χ4v) is 4.64. The standard InChI is InChI=1S/C14H28N2OS/c1-4-14(5-2)11-16(12(3)10-15-14)13-6-8-18(17)9-7-13/h12-13,15H,4-11H2,1-3H3. The Balaban J connectivity index is 2.03. The van der Waals surface area contributed by atoms with Crippen molar-refractivity contribution in [3.05, 3.63) is 0 Å². The van der Waals surface area contributed by atoms with Crippen LogP contribution in [0.1, 0.15) is 46.5 Å². The van der Waals surface area contributed by atoms with Crippen LogP contribution in [0, 0.1) is 0 Å². The summed E-state index contributed by atoms with van der Waals surface area (Å²) in [7, 11) is -0.542. The molecular formula is C14H28N2OS. The fourth-order valence-electron chi connectivity index (χ4n) is 3.37. The third-order valence-electron chi connectivity index (χ3n) is 5.00. The van der Waals surface area contributed by atoms with Gasteiger partial charge in [0.2, 0.25) is 0 Å². The first-order chi connectivity index (χ1) is 8.60. The molecule has 2 aliphatic heterocycles. The zero-order valence-electron chi connectivity index (χ0n) is 12.1. The molecule has 2 aliphatic rings. The molecule has 0 aliphatic carbocycles. The molecule has 18 heavy (non-hydrogen) atoms. The lowest BCUT2D eigenvalue weighted by atomic mass is 9.87. The van der Waals surface area contributed by atoms with Gasteiger partial charge in [-0.2, -0.15) is 0 Å². The highest BCUT2D eigenvalue weighted by molar-refractivity contribution is 7.85. The highest BCUT2D eigenvalue weighted by atomic mass is 32.2. The van der Waals surface area contributed by atoms with Crippen LogP contribution in [-0.2, 0) is 10.8 Å². The van der Waals surface area contributed by atoms with E-state index in [1.165, 1.54) is 19.4 Å².